The van der Waals surface area contributed by atoms with Crippen LogP contribution in [0.4, 0.5) is 4.39 Å². The van der Waals surface area contributed by atoms with Gasteiger partial charge in [-0.15, -0.1) is 0 Å². The summed E-state index contributed by atoms with van der Waals surface area (Å²) in [7, 11) is 0. The van der Waals surface area contributed by atoms with Crippen molar-refractivity contribution in [2.45, 2.75) is 25.1 Å². The zero-order valence-corrected chi connectivity index (χ0v) is 11.2. The van der Waals surface area contributed by atoms with E-state index >= 15 is 0 Å². The van der Waals surface area contributed by atoms with E-state index in [0.29, 0.717) is 23.0 Å². The van der Waals surface area contributed by atoms with Crippen LogP contribution in [0.1, 0.15) is 12.0 Å². The van der Waals surface area contributed by atoms with Crippen molar-refractivity contribution in [2.24, 2.45) is 0 Å². The predicted molar refractivity (Wildman–Crippen MR) is 68.4 cm³/mol. The summed E-state index contributed by atoms with van der Waals surface area (Å²) in [6.45, 7) is 0.711. The van der Waals surface area contributed by atoms with E-state index < -0.39 is 6.10 Å². The number of amides is 1. The molecule has 0 bridgehead atoms. The van der Waals surface area contributed by atoms with Crippen LogP contribution in [0.3, 0.4) is 0 Å². The van der Waals surface area contributed by atoms with Gasteiger partial charge < -0.3 is 15.7 Å². The number of aliphatic hydroxyl groups excluding tert-OH is 1. The summed E-state index contributed by atoms with van der Waals surface area (Å²) in [5, 5.41) is 14.9. The summed E-state index contributed by atoms with van der Waals surface area (Å²) in [5.41, 5.74) is 0.697. The molecular weight excluding hydrogens is 303 g/mol. The summed E-state index contributed by atoms with van der Waals surface area (Å²) < 4.78 is 13.7. The fourth-order valence-corrected chi connectivity index (χ4v) is 2.13. The minimum atomic E-state index is -0.467. The molecule has 1 fully saturated rings. The third-order valence-electron chi connectivity index (χ3n) is 2.87. The van der Waals surface area contributed by atoms with Gasteiger partial charge in [-0.1, -0.05) is 6.07 Å². The maximum Gasteiger partial charge on any atom is 0.237 e. The summed E-state index contributed by atoms with van der Waals surface area (Å²) >= 11 is 3.07. The number of benzene rings is 1. The number of aliphatic hydroxyl groups is 1. The molecule has 0 radical (unpaired) electrons. The number of halogens is 2. The number of carbonyl (C=O) groups is 1. The van der Waals surface area contributed by atoms with E-state index in [4.69, 9.17) is 0 Å². The zero-order chi connectivity index (χ0) is 13.1. The normalized spacial score (nSPS) is 23.1. The molecular formula is C12H14BrFN2O2. The van der Waals surface area contributed by atoms with Crippen molar-refractivity contribution in [2.75, 3.05) is 6.54 Å². The van der Waals surface area contributed by atoms with Gasteiger partial charge in [-0.2, -0.15) is 0 Å². The Kier molecular flexibility index (Phi) is 4.31. The van der Waals surface area contributed by atoms with Crippen LogP contribution >= 0.6 is 15.9 Å². The number of rotatable bonds is 3. The lowest BCUT2D eigenvalue weighted by Crippen LogP contribution is -2.40. The minimum Gasteiger partial charge on any atom is -0.392 e. The van der Waals surface area contributed by atoms with E-state index in [1.807, 2.05) is 0 Å². The molecule has 1 aliphatic heterocycles. The molecule has 0 aliphatic carbocycles. The number of hydrogen-bond donors (Lipinski definition) is 3. The van der Waals surface area contributed by atoms with Gasteiger partial charge in [0.15, 0.2) is 0 Å². The highest BCUT2D eigenvalue weighted by Gasteiger charge is 2.27. The van der Waals surface area contributed by atoms with Crippen LogP contribution in [0.15, 0.2) is 22.7 Å². The first kappa shape index (κ1) is 13.5. The molecule has 3 N–H and O–H groups in total. The summed E-state index contributed by atoms with van der Waals surface area (Å²) in [6, 6.07) is 4.36. The Labute approximate surface area is 113 Å². The maximum absolute atomic E-state index is 13.3. The average Bonchev–Trinajstić information content (AvgIpc) is 2.77. The molecule has 1 aromatic carbocycles. The fraction of sp³-hybridized carbons (Fsp3) is 0.417. The van der Waals surface area contributed by atoms with Crippen molar-refractivity contribution in [1.82, 2.24) is 10.6 Å². The third kappa shape index (κ3) is 3.28. The topological polar surface area (TPSA) is 61.4 Å². The largest absolute Gasteiger partial charge is 0.392 e. The van der Waals surface area contributed by atoms with Crippen molar-refractivity contribution in [3.8, 4) is 0 Å². The molecule has 1 aliphatic rings. The van der Waals surface area contributed by atoms with Crippen LogP contribution in [-0.4, -0.2) is 29.7 Å². The van der Waals surface area contributed by atoms with Crippen LogP contribution in [0.25, 0.3) is 0 Å². The first-order valence-electron chi connectivity index (χ1n) is 5.69. The number of β-amino-alcohol motifs (C(OH)–C–C–N with tert-alkyl or cyclic N) is 1. The predicted octanol–water partition coefficient (Wildman–Crippen LogP) is 0.927. The summed E-state index contributed by atoms with van der Waals surface area (Å²) in [5.74, 6) is -0.522. The highest BCUT2D eigenvalue weighted by atomic mass is 79.9. The fourth-order valence-electron chi connectivity index (χ4n) is 1.88. The molecule has 0 aromatic heterocycles. The Morgan fingerprint density at radius 2 is 2.39 bits per heavy atom. The molecule has 6 heteroatoms. The van der Waals surface area contributed by atoms with Gasteiger partial charge in [0.25, 0.3) is 0 Å². The Morgan fingerprint density at radius 3 is 3.00 bits per heavy atom. The lowest BCUT2D eigenvalue weighted by molar-refractivity contribution is -0.123. The summed E-state index contributed by atoms with van der Waals surface area (Å²) in [4.78, 5) is 11.7. The Bertz CT molecular complexity index is 456. The van der Waals surface area contributed by atoms with Crippen molar-refractivity contribution >= 4 is 21.8 Å². The van der Waals surface area contributed by atoms with E-state index in [1.165, 1.54) is 6.07 Å². The zero-order valence-electron chi connectivity index (χ0n) is 9.62. The molecule has 2 unspecified atom stereocenters. The second-order valence-electron chi connectivity index (χ2n) is 4.32. The van der Waals surface area contributed by atoms with E-state index in [-0.39, 0.29) is 24.3 Å². The maximum atomic E-state index is 13.3. The van der Waals surface area contributed by atoms with E-state index in [2.05, 4.69) is 26.6 Å². The van der Waals surface area contributed by atoms with Crippen LogP contribution in [-0.2, 0) is 11.3 Å². The second-order valence-corrected chi connectivity index (χ2v) is 5.17. The number of nitrogens with one attached hydrogen (secondary N) is 2. The Balaban J connectivity index is 1.87. The van der Waals surface area contributed by atoms with Crippen molar-refractivity contribution in [3.63, 3.8) is 0 Å². The molecule has 1 heterocycles. The van der Waals surface area contributed by atoms with Gasteiger partial charge >= 0.3 is 0 Å². The lowest BCUT2D eigenvalue weighted by Gasteiger charge is -2.11. The monoisotopic (exact) mass is 316 g/mol. The van der Waals surface area contributed by atoms with E-state index in [9.17, 15) is 14.3 Å². The standard InChI is InChI=1S/C12H14BrFN2O2/c13-9-2-1-7(3-10(9)14)5-16-12(18)11-4-8(17)6-15-11/h1-3,8,11,15,17H,4-6H2,(H,16,18). The molecule has 0 saturated carbocycles. The van der Waals surface area contributed by atoms with Crippen molar-refractivity contribution < 1.29 is 14.3 Å². The lowest BCUT2D eigenvalue weighted by atomic mass is 10.2. The first-order valence-corrected chi connectivity index (χ1v) is 6.48. The van der Waals surface area contributed by atoms with Crippen molar-refractivity contribution in [3.05, 3.63) is 34.1 Å². The number of hydrogen-bond acceptors (Lipinski definition) is 3. The molecule has 1 saturated heterocycles. The Hall–Kier alpha value is -0.980. The second kappa shape index (κ2) is 5.77. The van der Waals surface area contributed by atoms with Gasteiger partial charge in [0.1, 0.15) is 5.82 Å². The summed E-state index contributed by atoms with van der Waals surface area (Å²) in [6.07, 6.45) is -0.0496. The van der Waals surface area contributed by atoms with Gasteiger partial charge in [-0.3, -0.25) is 4.79 Å². The minimum absolute atomic E-state index is 0.171. The molecule has 2 rings (SSSR count). The molecule has 18 heavy (non-hydrogen) atoms. The first-order chi connectivity index (χ1) is 8.56. The van der Waals surface area contributed by atoms with Crippen LogP contribution < -0.4 is 10.6 Å². The quantitative estimate of drug-likeness (QED) is 0.777. The smallest absolute Gasteiger partial charge is 0.237 e. The van der Waals surface area contributed by atoms with Gasteiger partial charge in [0, 0.05) is 13.1 Å². The Morgan fingerprint density at radius 1 is 1.61 bits per heavy atom. The molecule has 4 nitrogen and oxygen atoms in total. The van der Waals surface area contributed by atoms with Crippen LogP contribution in [0.5, 0.6) is 0 Å². The SMILES string of the molecule is O=C(NCc1ccc(Br)c(F)c1)C1CC(O)CN1. The van der Waals surface area contributed by atoms with Crippen LogP contribution in [0.2, 0.25) is 0 Å². The molecule has 2 atom stereocenters. The van der Waals surface area contributed by atoms with Crippen molar-refractivity contribution in [1.29, 1.82) is 0 Å². The highest BCUT2D eigenvalue weighted by molar-refractivity contribution is 9.10. The molecule has 98 valence electrons. The van der Waals surface area contributed by atoms with Gasteiger partial charge in [0.05, 0.1) is 16.6 Å². The molecule has 1 amide bonds. The average molecular weight is 317 g/mol. The third-order valence-corrected chi connectivity index (χ3v) is 3.52. The highest BCUT2D eigenvalue weighted by Crippen LogP contribution is 2.16. The van der Waals surface area contributed by atoms with Crippen LogP contribution in [0, 0.1) is 5.82 Å². The van der Waals surface area contributed by atoms with Gasteiger partial charge in [-0.05, 0) is 40.0 Å². The molecule has 1 aromatic rings. The number of carbonyl (C=O) groups excluding carboxylic acids is 1. The van der Waals surface area contributed by atoms with E-state index in [0.717, 1.165) is 0 Å². The van der Waals surface area contributed by atoms with E-state index in [1.54, 1.807) is 12.1 Å². The van der Waals surface area contributed by atoms with Gasteiger partial charge in [0.2, 0.25) is 5.91 Å². The molecule has 0 spiro atoms. The van der Waals surface area contributed by atoms with Gasteiger partial charge in [-0.25, -0.2) is 4.39 Å².